The Labute approximate surface area is 165 Å². The van der Waals surface area contributed by atoms with Crippen molar-refractivity contribution in [3.63, 3.8) is 0 Å². The fraction of sp³-hybridized carbons (Fsp3) is 0.600. The number of amides is 1. The molecule has 1 aliphatic rings. The first-order chi connectivity index (χ1) is 13.5. The molecular formula is C20H29N5O3. The minimum atomic E-state index is -0.257. The van der Waals surface area contributed by atoms with Crippen molar-refractivity contribution in [1.29, 1.82) is 0 Å². The molecule has 3 rings (SSSR count). The Hall–Kier alpha value is -2.64. The third-order valence-corrected chi connectivity index (χ3v) is 5.17. The van der Waals surface area contributed by atoms with E-state index in [0.29, 0.717) is 18.4 Å². The third-order valence-electron chi connectivity index (χ3n) is 5.17. The van der Waals surface area contributed by atoms with Crippen LogP contribution in [0.1, 0.15) is 55.7 Å². The predicted octanol–water partition coefficient (Wildman–Crippen LogP) is 2.77. The number of carbonyl (C=O) groups is 1. The number of hydrogen-bond donors (Lipinski definition) is 1. The fourth-order valence-electron chi connectivity index (χ4n) is 3.56. The van der Waals surface area contributed by atoms with E-state index < -0.39 is 0 Å². The summed E-state index contributed by atoms with van der Waals surface area (Å²) in [6.45, 7) is 10.3. The molecule has 0 aromatic carbocycles. The fourth-order valence-corrected chi connectivity index (χ4v) is 3.56. The number of carbonyl (C=O) groups excluding carboxylic acids is 1. The van der Waals surface area contributed by atoms with Gasteiger partial charge in [-0.05, 0) is 51.1 Å². The Balaban J connectivity index is 1.54. The summed E-state index contributed by atoms with van der Waals surface area (Å²) in [5, 5.41) is 6.77. The largest absolute Gasteiger partial charge is 0.476 e. The highest BCUT2D eigenvalue weighted by molar-refractivity contribution is 5.91. The van der Waals surface area contributed by atoms with Crippen molar-refractivity contribution in [1.82, 2.24) is 20.4 Å². The average Bonchev–Trinajstić information content (AvgIpc) is 3.16. The average molecular weight is 387 g/mol. The van der Waals surface area contributed by atoms with Gasteiger partial charge < -0.3 is 19.5 Å². The SMILES string of the molecule is CCOc1cc(C(=O)N[C@H](C)C2CCN(c3cc(CC)nc(C)n3)CC2)on1. The zero-order valence-electron chi connectivity index (χ0n) is 17.1. The van der Waals surface area contributed by atoms with E-state index in [4.69, 9.17) is 9.26 Å². The zero-order valence-corrected chi connectivity index (χ0v) is 17.1. The summed E-state index contributed by atoms with van der Waals surface area (Å²) >= 11 is 0. The highest BCUT2D eigenvalue weighted by Crippen LogP contribution is 2.25. The van der Waals surface area contributed by atoms with E-state index in [9.17, 15) is 4.79 Å². The van der Waals surface area contributed by atoms with E-state index in [1.165, 1.54) is 6.07 Å². The van der Waals surface area contributed by atoms with Gasteiger partial charge in [0.1, 0.15) is 11.6 Å². The molecular weight excluding hydrogens is 358 g/mol. The van der Waals surface area contributed by atoms with Crippen molar-refractivity contribution in [2.24, 2.45) is 5.92 Å². The van der Waals surface area contributed by atoms with E-state index in [2.05, 4.69) is 38.3 Å². The van der Waals surface area contributed by atoms with Gasteiger partial charge in [0.05, 0.1) is 12.7 Å². The van der Waals surface area contributed by atoms with E-state index >= 15 is 0 Å². The Bertz CT molecular complexity index is 799. The van der Waals surface area contributed by atoms with Crippen LogP contribution in [-0.2, 0) is 6.42 Å². The molecule has 0 aliphatic carbocycles. The number of aryl methyl sites for hydroxylation is 2. The second kappa shape index (κ2) is 9.03. The maximum atomic E-state index is 12.4. The smallest absolute Gasteiger partial charge is 0.290 e. The van der Waals surface area contributed by atoms with E-state index in [-0.39, 0.29) is 17.7 Å². The van der Waals surface area contributed by atoms with Gasteiger partial charge in [-0.3, -0.25) is 4.79 Å². The molecule has 0 spiro atoms. The van der Waals surface area contributed by atoms with E-state index in [1.54, 1.807) is 0 Å². The highest BCUT2D eigenvalue weighted by Gasteiger charge is 2.27. The lowest BCUT2D eigenvalue weighted by Crippen LogP contribution is -2.44. The molecule has 0 radical (unpaired) electrons. The number of hydrogen-bond acceptors (Lipinski definition) is 7. The number of nitrogens with one attached hydrogen (secondary N) is 1. The molecule has 2 aromatic rings. The van der Waals surface area contributed by atoms with Gasteiger partial charge in [0.2, 0.25) is 5.76 Å². The van der Waals surface area contributed by atoms with Crippen LogP contribution in [0.5, 0.6) is 5.88 Å². The summed E-state index contributed by atoms with van der Waals surface area (Å²) in [7, 11) is 0. The van der Waals surface area contributed by atoms with Crippen molar-refractivity contribution in [3.8, 4) is 5.88 Å². The molecule has 8 heteroatoms. The molecule has 28 heavy (non-hydrogen) atoms. The molecule has 2 aromatic heterocycles. The Morgan fingerprint density at radius 3 is 2.75 bits per heavy atom. The molecule has 1 saturated heterocycles. The molecule has 8 nitrogen and oxygen atoms in total. The van der Waals surface area contributed by atoms with Crippen LogP contribution in [-0.4, -0.2) is 46.8 Å². The van der Waals surface area contributed by atoms with Crippen molar-refractivity contribution in [2.45, 2.75) is 53.0 Å². The van der Waals surface area contributed by atoms with Gasteiger partial charge in [-0.25, -0.2) is 9.97 Å². The number of aromatic nitrogens is 3. The van der Waals surface area contributed by atoms with E-state index in [1.807, 2.05) is 20.8 Å². The van der Waals surface area contributed by atoms with Crippen molar-refractivity contribution < 1.29 is 14.1 Å². The summed E-state index contributed by atoms with van der Waals surface area (Å²) in [5.41, 5.74) is 1.07. The molecule has 0 bridgehead atoms. The molecule has 152 valence electrons. The molecule has 0 unspecified atom stereocenters. The first-order valence-corrected chi connectivity index (χ1v) is 10.00. The summed E-state index contributed by atoms with van der Waals surface area (Å²) in [5.74, 6) is 2.48. The first-order valence-electron chi connectivity index (χ1n) is 10.00. The van der Waals surface area contributed by atoms with Gasteiger partial charge in [-0.1, -0.05) is 6.92 Å². The predicted molar refractivity (Wildman–Crippen MR) is 106 cm³/mol. The summed E-state index contributed by atoms with van der Waals surface area (Å²) in [6, 6.07) is 3.66. The summed E-state index contributed by atoms with van der Waals surface area (Å²) in [4.78, 5) is 23.7. The highest BCUT2D eigenvalue weighted by atomic mass is 16.5. The van der Waals surface area contributed by atoms with Gasteiger partial charge in [0.15, 0.2) is 0 Å². The zero-order chi connectivity index (χ0) is 20.1. The van der Waals surface area contributed by atoms with Crippen molar-refractivity contribution in [2.75, 3.05) is 24.6 Å². The molecule has 1 fully saturated rings. The summed E-state index contributed by atoms with van der Waals surface area (Å²) in [6.07, 6.45) is 2.89. The van der Waals surface area contributed by atoms with Crippen molar-refractivity contribution >= 4 is 11.7 Å². The third kappa shape index (κ3) is 4.79. The maximum Gasteiger partial charge on any atom is 0.290 e. The Morgan fingerprint density at radius 2 is 2.07 bits per heavy atom. The molecule has 0 saturated carbocycles. The number of nitrogens with zero attached hydrogens (tertiary/aromatic N) is 4. The minimum Gasteiger partial charge on any atom is -0.476 e. The molecule has 1 amide bonds. The van der Waals surface area contributed by atoms with Gasteiger partial charge in [0, 0.05) is 30.9 Å². The van der Waals surface area contributed by atoms with Crippen LogP contribution >= 0.6 is 0 Å². The Kier molecular flexibility index (Phi) is 6.49. The van der Waals surface area contributed by atoms with Crippen LogP contribution in [0.4, 0.5) is 5.82 Å². The van der Waals surface area contributed by atoms with Crippen molar-refractivity contribution in [3.05, 3.63) is 29.4 Å². The van der Waals surface area contributed by atoms with E-state index in [0.717, 1.165) is 49.7 Å². The van der Waals surface area contributed by atoms with Crippen LogP contribution in [0, 0.1) is 12.8 Å². The topological polar surface area (TPSA) is 93.4 Å². The standard InChI is InChI=1S/C20H29N5O3/c1-5-16-11-18(23-14(4)22-16)25-9-7-15(8-10-25)13(3)21-20(26)17-12-19(24-28-17)27-6-2/h11-13,15H,5-10H2,1-4H3,(H,21,26)/t13-/m1/s1. The van der Waals surface area contributed by atoms with Gasteiger partial charge in [-0.15, -0.1) is 0 Å². The lowest BCUT2D eigenvalue weighted by atomic mass is 9.90. The Morgan fingerprint density at radius 1 is 1.32 bits per heavy atom. The quantitative estimate of drug-likeness (QED) is 0.781. The number of rotatable bonds is 7. The summed E-state index contributed by atoms with van der Waals surface area (Å²) < 4.78 is 10.3. The van der Waals surface area contributed by atoms with Crippen LogP contribution in [0.15, 0.2) is 16.7 Å². The number of ether oxygens (including phenoxy) is 1. The lowest BCUT2D eigenvalue weighted by molar-refractivity contribution is 0.0884. The minimum absolute atomic E-state index is 0.0497. The monoisotopic (exact) mass is 387 g/mol. The van der Waals surface area contributed by atoms with Crippen LogP contribution in [0.3, 0.4) is 0 Å². The maximum absolute atomic E-state index is 12.4. The number of piperidine rings is 1. The molecule has 1 atom stereocenters. The second-order valence-electron chi connectivity index (χ2n) is 7.17. The molecule has 3 heterocycles. The first kappa shape index (κ1) is 20.1. The second-order valence-corrected chi connectivity index (χ2v) is 7.17. The molecule has 1 aliphatic heterocycles. The van der Waals surface area contributed by atoms with Crippen LogP contribution < -0.4 is 15.0 Å². The lowest BCUT2D eigenvalue weighted by Gasteiger charge is -2.35. The van der Waals surface area contributed by atoms with Gasteiger partial charge in [0.25, 0.3) is 11.8 Å². The molecule has 1 N–H and O–H groups in total. The number of anilines is 1. The van der Waals surface area contributed by atoms with Gasteiger partial charge >= 0.3 is 0 Å². The van der Waals surface area contributed by atoms with Gasteiger partial charge in [-0.2, -0.15) is 0 Å². The van der Waals surface area contributed by atoms with Crippen LogP contribution in [0.2, 0.25) is 0 Å². The normalized spacial score (nSPS) is 16.1. The van der Waals surface area contributed by atoms with Crippen LogP contribution in [0.25, 0.3) is 0 Å².